The molecule has 0 aliphatic carbocycles. The van der Waals surface area contributed by atoms with E-state index in [4.69, 9.17) is 0 Å². The van der Waals surface area contributed by atoms with Gasteiger partial charge in [-0.25, -0.2) is 9.69 Å². The van der Waals surface area contributed by atoms with Crippen molar-refractivity contribution in [3.05, 3.63) is 0 Å². The lowest BCUT2D eigenvalue weighted by Crippen LogP contribution is -2.37. The molecule has 1 unspecified atom stereocenters. The van der Waals surface area contributed by atoms with Crippen LogP contribution in [0.4, 0.5) is 4.79 Å². The van der Waals surface area contributed by atoms with Crippen LogP contribution in [0.3, 0.4) is 0 Å². The summed E-state index contributed by atoms with van der Waals surface area (Å²) in [6, 6.07) is -0.0773. The van der Waals surface area contributed by atoms with E-state index in [1.165, 1.54) is 7.11 Å². The summed E-state index contributed by atoms with van der Waals surface area (Å²) in [5.74, 6) is 0. The maximum absolute atomic E-state index is 11.1. The molecular weight excluding hydrogens is 182 g/mol. The van der Waals surface area contributed by atoms with Crippen LogP contribution in [0.15, 0.2) is 0 Å². The highest BCUT2D eigenvalue weighted by Crippen LogP contribution is 2.09. The second kappa shape index (κ2) is 7.35. The maximum atomic E-state index is 11.1. The average molecular weight is 201 g/mol. The van der Waals surface area contributed by atoms with E-state index < -0.39 is 6.09 Å². The molecule has 0 saturated carbocycles. The van der Waals surface area contributed by atoms with Crippen molar-refractivity contribution >= 4 is 12.5 Å². The Morgan fingerprint density at radius 2 is 2.14 bits per heavy atom. The van der Waals surface area contributed by atoms with Crippen LogP contribution in [0.1, 0.15) is 39.5 Å². The number of hydrogen-bond donors (Lipinski definition) is 0. The zero-order valence-corrected chi connectivity index (χ0v) is 9.16. The van der Waals surface area contributed by atoms with Gasteiger partial charge in [-0.1, -0.05) is 26.2 Å². The molecule has 0 aromatic heterocycles. The van der Waals surface area contributed by atoms with Gasteiger partial charge in [0.1, 0.15) is 0 Å². The lowest BCUT2D eigenvalue weighted by molar-refractivity contribution is -0.118. The summed E-state index contributed by atoms with van der Waals surface area (Å²) in [6.07, 6.45) is 4.07. The molecule has 0 heterocycles. The Balaban J connectivity index is 3.97. The second-order valence-corrected chi connectivity index (χ2v) is 3.33. The first kappa shape index (κ1) is 12.9. The van der Waals surface area contributed by atoms with Gasteiger partial charge < -0.3 is 4.74 Å². The van der Waals surface area contributed by atoms with E-state index in [-0.39, 0.29) is 6.04 Å². The summed E-state index contributed by atoms with van der Waals surface area (Å²) >= 11 is 0. The first-order chi connectivity index (χ1) is 6.67. The molecular formula is C10H19NO3. The molecule has 4 nitrogen and oxygen atoms in total. The molecule has 0 aliphatic heterocycles. The number of ether oxygens (including phenoxy) is 1. The molecule has 4 heteroatoms. The first-order valence-corrected chi connectivity index (χ1v) is 4.98. The van der Waals surface area contributed by atoms with Gasteiger partial charge in [0.15, 0.2) is 0 Å². The lowest BCUT2D eigenvalue weighted by Gasteiger charge is -2.21. The number of hydrogen-bond acceptors (Lipinski definition) is 3. The Bertz CT molecular complexity index is 182. The standard InChI is InChI=1S/C10H19NO3/c1-4-5-6-7-9(2)11(8-12)10(13)14-3/h8-9H,4-7H2,1-3H3. The highest BCUT2D eigenvalue weighted by molar-refractivity contribution is 5.80. The van der Waals surface area contributed by atoms with Crippen molar-refractivity contribution in [3.63, 3.8) is 0 Å². The summed E-state index contributed by atoms with van der Waals surface area (Å²) in [4.78, 5) is 22.8. The van der Waals surface area contributed by atoms with Gasteiger partial charge in [0.2, 0.25) is 6.41 Å². The predicted octanol–water partition coefficient (Wildman–Crippen LogP) is 2.18. The molecule has 0 aromatic rings. The second-order valence-electron chi connectivity index (χ2n) is 3.33. The minimum atomic E-state index is -0.580. The van der Waals surface area contributed by atoms with Gasteiger partial charge in [-0.2, -0.15) is 0 Å². The van der Waals surface area contributed by atoms with Gasteiger partial charge in [-0.3, -0.25) is 4.79 Å². The van der Waals surface area contributed by atoms with E-state index in [1.54, 1.807) is 0 Å². The molecule has 0 bridgehead atoms. The van der Waals surface area contributed by atoms with Gasteiger partial charge in [0, 0.05) is 6.04 Å². The van der Waals surface area contributed by atoms with E-state index in [0.29, 0.717) is 6.41 Å². The fourth-order valence-electron chi connectivity index (χ4n) is 1.26. The van der Waals surface area contributed by atoms with Crippen LogP contribution in [-0.4, -0.2) is 30.6 Å². The topological polar surface area (TPSA) is 46.6 Å². The minimum Gasteiger partial charge on any atom is -0.452 e. The number of imide groups is 1. The number of carbonyl (C=O) groups is 2. The summed E-state index contributed by atoms with van der Waals surface area (Å²) < 4.78 is 4.49. The van der Waals surface area contributed by atoms with E-state index in [0.717, 1.165) is 30.6 Å². The largest absolute Gasteiger partial charge is 0.452 e. The summed E-state index contributed by atoms with van der Waals surface area (Å²) in [5, 5.41) is 0. The molecule has 0 spiro atoms. The number of nitrogens with zero attached hydrogens (tertiary/aromatic N) is 1. The van der Waals surface area contributed by atoms with E-state index in [9.17, 15) is 9.59 Å². The smallest absolute Gasteiger partial charge is 0.416 e. The van der Waals surface area contributed by atoms with Crippen molar-refractivity contribution in [1.29, 1.82) is 0 Å². The fourth-order valence-corrected chi connectivity index (χ4v) is 1.26. The average Bonchev–Trinajstić information content (AvgIpc) is 2.19. The molecule has 2 amide bonds. The normalized spacial score (nSPS) is 11.9. The highest BCUT2D eigenvalue weighted by atomic mass is 16.5. The number of amides is 2. The van der Waals surface area contributed by atoms with Crippen molar-refractivity contribution in [1.82, 2.24) is 4.90 Å². The summed E-state index contributed by atoms with van der Waals surface area (Å²) in [7, 11) is 1.28. The third-order valence-corrected chi connectivity index (χ3v) is 2.20. The molecule has 0 fully saturated rings. The fraction of sp³-hybridized carbons (Fsp3) is 0.800. The van der Waals surface area contributed by atoms with Crippen LogP contribution < -0.4 is 0 Å². The monoisotopic (exact) mass is 201 g/mol. The quantitative estimate of drug-likeness (QED) is 0.489. The van der Waals surface area contributed by atoms with Crippen LogP contribution in [0.5, 0.6) is 0 Å². The van der Waals surface area contributed by atoms with Crippen LogP contribution >= 0.6 is 0 Å². The van der Waals surface area contributed by atoms with Crippen molar-refractivity contribution in [2.24, 2.45) is 0 Å². The molecule has 0 aromatic carbocycles. The van der Waals surface area contributed by atoms with Crippen LogP contribution in [0, 0.1) is 0 Å². The van der Waals surface area contributed by atoms with Gasteiger partial charge in [-0.15, -0.1) is 0 Å². The third kappa shape index (κ3) is 4.25. The Morgan fingerprint density at radius 1 is 1.50 bits per heavy atom. The molecule has 0 saturated heterocycles. The summed E-state index contributed by atoms with van der Waals surface area (Å²) in [6.45, 7) is 3.96. The molecule has 1 atom stereocenters. The third-order valence-electron chi connectivity index (χ3n) is 2.20. The number of rotatable bonds is 6. The maximum Gasteiger partial charge on any atom is 0.416 e. The Kier molecular flexibility index (Phi) is 6.80. The van der Waals surface area contributed by atoms with Crippen LogP contribution in [-0.2, 0) is 9.53 Å². The van der Waals surface area contributed by atoms with Gasteiger partial charge in [0.05, 0.1) is 7.11 Å². The first-order valence-electron chi connectivity index (χ1n) is 4.98. The zero-order chi connectivity index (χ0) is 11.0. The number of methoxy groups -OCH3 is 1. The Morgan fingerprint density at radius 3 is 2.57 bits per heavy atom. The molecule has 0 radical (unpaired) electrons. The molecule has 0 aliphatic rings. The number of unbranched alkanes of at least 4 members (excludes halogenated alkanes) is 2. The molecule has 14 heavy (non-hydrogen) atoms. The van der Waals surface area contributed by atoms with Gasteiger partial charge in [0.25, 0.3) is 0 Å². The van der Waals surface area contributed by atoms with Crippen molar-refractivity contribution < 1.29 is 14.3 Å². The van der Waals surface area contributed by atoms with E-state index in [1.807, 2.05) is 6.92 Å². The van der Waals surface area contributed by atoms with Crippen LogP contribution in [0.2, 0.25) is 0 Å². The number of carbonyl (C=O) groups excluding carboxylic acids is 2. The zero-order valence-electron chi connectivity index (χ0n) is 9.16. The van der Waals surface area contributed by atoms with Crippen molar-refractivity contribution in [2.75, 3.05) is 7.11 Å². The predicted molar refractivity (Wildman–Crippen MR) is 53.9 cm³/mol. The SMILES string of the molecule is CCCCCC(C)N(C=O)C(=O)OC. The van der Waals surface area contributed by atoms with Gasteiger partial charge in [-0.05, 0) is 13.3 Å². The van der Waals surface area contributed by atoms with E-state index in [2.05, 4.69) is 11.7 Å². The molecule has 0 rings (SSSR count). The van der Waals surface area contributed by atoms with Crippen LogP contribution in [0.25, 0.3) is 0 Å². The van der Waals surface area contributed by atoms with E-state index >= 15 is 0 Å². The van der Waals surface area contributed by atoms with Gasteiger partial charge >= 0.3 is 6.09 Å². The minimum absolute atomic E-state index is 0.0773. The lowest BCUT2D eigenvalue weighted by atomic mass is 10.1. The molecule has 0 N–H and O–H groups in total. The molecule has 82 valence electrons. The van der Waals surface area contributed by atoms with Crippen molar-refractivity contribution in [2.45, 2.75) is 45.6 Å². The highest BCUT2D eigenvalue weighted by Gasteiger charge is 2.19. The Hall–Kier alpha value is -1.06. The summed E-state index contributed by atoms with van der Waals surface area (Å²) in [5.41, 5.74) is 0. The Labute approximate surface area is 85.2 Å². The van der Waals surface area contributed by atoms with Crippen molar-refractivity contribution in [3.8, 4) is 0 Å².